The van der Waals surface area contributed by atoms with Crippen molar-refractivity contribution >= 4 is 20.9 Å². The zero-order valence-corrected chi connectivity index (χ0v) is 9.53. The molecule has 1 fully saturated rings. The van der Waals surface area contributed by atoms with E-state index in [2.05, 4.69) is 30.3 Å². The molecular weight excluding hydrogens is 260 g/mol. The van der Waals surface area contributed by atoms with Crippen molar-refractivity contribution in [3.05, 3.63) is 35.9 Å². The molecule has 1 atom stereocenters. The Morgan fingerprint density at radius 3 is 2.58 bits per heavy atom. The van der Waals surface area contributed by atoms with Gasteiger partial charge in [0.25, 0.3) is 0 Å². The second kappa shape index (κ2) is 4.30. The van der Waals surface area contributed by atoms with Crippen molar-refractivity contribution in [3.63, 3.8) is 0 Å². The zero-order valence-electron chi connectivity index (χ0n) is 7.20. The monoisotopic (exact) mass is 276 g/mol. The molecule has 1 aliphatic rings. The van der Waals surface area contributed by atoms with Gasteiger partial charge >= 0.3 is 84.5 Å². The molecule has 0 N–H and O–H groups in total. The number of hydrogen-bond donors (Lipinski definition) is 0. The van der Waals surface area contributed by atoms with Crippen molar-refractivity contribution in [1.29, 1.82) is 0 Å². The van der Waals surface area contributed by atoms with Gasteiger partial charge < -0.3 is 0 Å². The standard InChI is InChI=1S/C11H14Te/c1-2-6-10(7-3-1)11-8-4-5-9-12-11/h1-3,6-7,11H,4-5,8-9H2. The molecule has 1 aromatic rings. The van der Waals surface area contributed by atoms with Crippen LogP contribution in [0, 0.1) is 0 Å². The molecule has 0 radical (unpaired) electrons. The molecule has 0 aromatic heterocycles. The van der Waals surface area contributed by atoms with Crippen LogP contribution in [0.1, 0.15) is 28.8 Å². The van der Waals surface area contributed by atoms with Crippen LogP contribution in [-0.4, -0.2) is 20.9 Å². The summed E-state index contributed by atoms with van der Waals surface area (Å²) in [4.78, 5) is 0. The van der Waals surface area contributed by atoms with Gasteiger partial charge in [0.2, 0.25) is 0 Å². The van der Waals surface area contributed by atoms with Gasteiger partial charge in [0.15, 0.2) is 0 Å². The summed E-state index contributed by atoms with van der Waals surface area (Å²) in [5.41, 5.74) is 1.61. The molecular formula is C11H14Te. The van der Waals surface area contributed by atoms with Crippen molar-refractivity contribution in [2.75, 3.05) is 0 Å². The van der Waals surface area contributed by atoms with Gasteiger partial charge in [-0.25, -0.2) is 0 Å². The van der Waals surface area contributed by atoms with Gasteiger partial charge in [0.05, 0.1) is 0 Å². The first-order valence-electron chi connectivity index (χ1n) is 4.63. The van der Waals surface area contributed by atoms with Gasteiger partial charge in [-0.3, -0.25) is 0 Å². The van der Waals surface area contributed by atoms with Crippen LogP contribution in [-0.2, 0) is 0 Å². The van der Waals surface area contributed by atoms with E-state index in [1.54, 1.807) is 10.0 Å². The van der Waals surface area contributed by atoms with E-state index in [9.17, 15) is 0 Å². The fraction of sp³-hybridized carbons (Fsp3) is 0.455. The van der Waals surface area contributed by atoms with Crippen LogP contribution in [0.15, 0.2) is 30.3 Å². The van der Waals surface area contributed by atoms with Crippen LogP contribution in [0.25, 0.3) is 0 Å². The van der Waals surface area contributed by atoms with Crippen molar-refractivity contribution in [3.8, 4) is 0 Å². The molecule has 0 bridgehead atoms. The van der Waals surface area contributed by atoms with Gasteiger partial charge in [-0.2, -0.15) is 0 Å². The molecule has 12 heavy (non-hydrogen) atoms. The first-order valence-corrected chi connectivity index (χ1v) is 7.63. The third-order valence-electron chi connectivity index (χ3n) is 2.35. The van der Waals surface area contributed by atoms with E-state index in [-0.39, 0.29) is 0 Å². The fourth-order valence-electron chi connectivity index (χ4n) is 1.67. The van der Waals surface area contributed by atoms with Gasteiger partial charge in [-0.05, 0) is 0 Å². The quantitative estimate of drug-likeness (QED) is 0.690. The molecule has 0 nitrogen and oxygen atoms in total. The molecule has 0 aliphatic carbocycles. The Bertz CT molecular complexity index is 224. The van der Waals surface area contributed by atoms with Gasteiger partial charge in [-0.1, -0.05) is 0 Å². The average Bonchev–Trinajstić information content (AvgIpc) is 2.21. The Morgan fingerprint density at radius 1 is 1.08 bits per heavy atom. The third-order valence-corrected chi connectivity index (χ3v) is 6.45. The average molecular weight is 274 g/mol. The fourth-order valence-corrected chi connectivity index (χ4v) is 5.49. The van der Waals surface area contributed by atoms with Crippen molar-refractivity contribution in [1.82, 2.24) is 0 Å². The summed E-state index contributed by atoms with van der Waals surface area (Å²) in [6.45, 7) is 0. The van der Waals surface area contributed by atoms with Crippen LogP contribution >= 0.6 is 0 Å². The molecule has 0 amide bonds. The predicted molar refractivity (Wildman–Crippen MR) is 53.6 cm³/mol. The molecule has 0 saturated carbocycles. The Labute approximate surface area is 84.5 Å². The SMILES string of the molecule is c1ccc(C2CCCC[Te]2)cc1. The van der Waals surface area contributed by atoms with Crippen LogP contribution in [0.5, 0.6) is 0 Å². The number of rotatable bonds is 1. The van der Waals surface area contributed by atoms with Crippen molar-refractivity contribution in [2.24, 2.45) is 0 Å². The van der Waals surface area contributed by atoms with Crippen LogP contribution in [0.3, 0.4) is 0 Å². The molecule has 1 aliphatic heterocycles. The van der Waals surface area contributed by atoms with Crippen molar-refractivity contribution in [2.45, 2.75) is 27.7 Å². The molecule has 0 spiro atoms. The molecule has 1 heteroatoms. The second-order valence-corrected chi connectivity index (χ2v) is 7.01. The van der Waals surface area contributed by atoms with E-state index < -0.39 is 0 Å². The van der Waals surface area contributed by atoms with Crippen molar-refractivity contribution < 1.29 is 0 Å². The summed E-state index contributed by atoms with van der Waals surface area (Å²) in [5, 5.41) is 0. The third kappa shape index (κ3) is 2.03. The summed E-state index contributed by atoms with van der Waals surface area (Å²) in [6.07, 6.45) is 4.43. The first-order chi connectivity index (χ1) is 5.97. The summed E-state index contributed by atoms with van der Waals surface area (Å²) in [7, 11) is 0. The van der Waals surface area contributed by atoms with E-state index in [1.165, 1.54) is 19.3 Å². The predicted octanol–water partition coefficient (Wildman–Crippen LogP) is 3.03. The van der Waals surface area contributed by atoms with E-state index in [1.807, 2.05) is 0 Å². The Balaban J connectivity index is 2.08. The van der Waals surface area contributed by atoms with E-state index >= 15 is 0 Å². The van der Waals surface area contributed by atoms with Gasteiger partial charge in [0, 0.05) is 0 Å². The summed E-state index contributed by atoms with van der Waals surface area (Å²) >= 11 is 0.300. The first kappa shape index (κ1) is 8.60. The van der Waals surface area contributed by atoms with Crippen LogP contribution < -0.4 is 0 Å². The van der Waals surface area contributed by atoms with E-state index in [0.717, 1.165) is 3.97 Å². The molecule has 1 aromatic carbocycles. The minimum atomic E-state index is 0.300. The molecule has 1 saturated heterocycles. The number of benzene rings is 1. The topological polar surface area (TPSA) is 0 Å². The second-order valence-electron chi connectivity index (χ2n) is 3.27. The van der Waals surface area contributed by atoms with Gasteiger partial charge in [0.1, 0.15) is 0 Å². The maximum absolute atomic E-state index is 2.31. The molecule has 2 rings (SSSR count). The summed E-state index contributed by atoms with van der Waals surface area (Å²) in [6, 6.07) is 11.1. The molecule has 1 heterocycles. The van der Waals surface area contributed by atoms with E-state index in [4.69, 9.17) is 0 Å². The molecule has 1 unspecified atom stereocenters. The Hall–Kier alpha value is 0.00961. The number of hydrogen-bond acceptors (Lipinski definition) is 0. The molecule has 64 valence electrons. The maximum atomic E-state index is 2.31. The van der Waals surface area contributed by atoms with Crippen LogP contribution in [0.4, 0.5) is 0 Å². The Kier molecular flexibility index (Phi) is 3.08. The minimum absolute atomic E-state index is 0.300. The van der Waals surface area contributed by atoms with Crippen LogP contribution in [0.2, 0.25) is 4.47 Å². The zero-order chi connectivity index (χ0) is 8.23. The summed E-state index contributed by atoms with van der Waals surface area (Å²) < 4.78 is 2.55. The van der Waals surface area contributed by atoms with E-state index in [0.29, 0.717) is 20.9 Å². The van der Waals surface area contributed by atoms with Gasteiger partial charge in [-0.15, -0.1) is 0 Å². The summed E-state index contributed by atoms with van der Waals surface area (Å²) in [5.74, 6) is 0. The normalized spacial score (nSPS) is 23.8. The Morgan fingerprint density at radius 2 is 1.92 bits per heavy atom.